The van der Waals surface area contributed by atoms with Gasteiger partial charge in [0.25, 0.3) is 0 Å². The Balaban J connectivity index is 2.30. The largest absolute Gasteiger partial charge is 0.469 e. The van der Waals surface area contributed by atoms with E-state index in [1.165, 1.54) is 18.1 Å². The average Bonchev–Trinajstić information content (AvgIpc) is 2.72. The van der Waals surface area contributed by atoms with E-state index in [1.54, 1.807) is 17.4 Å². The molecular weight excluding hydrogens is 238 g/mol. The standard InChI is InChI=1S/C12H15NO3S/c1-9-3-4-10(17-9)5-6-11(14)13-8-7-12(15)16-2/h3-6H,7-8H2,1-2H3,(H,13,14). The minimum Gasteiger partial charge on any atom is -0.469 e. The van der Waals surface area contributed by atoms with Crippen LogP contribution in [0.3, 0.4) is 0 Å². The summed E-state index contributed by atoms with van der Waals surface area (Å²) >= 11 is 1.62. The zero-order valence-corrected chi connectivity index (χ0v) is 10.7. The number of nitrogens with one attached hydrogen (secondary N) is 1. The molecule has 0 bridgehead atoms. The summed E-state index contributed by atoms with van der Waals surface area (Å²) in [4.78, 5) is 24.4. The van der Waals surface area contributed by atoms with Crippen molar-refractivity contribution in [2.75, 3.05) is 13.7 Å². The van der Waals surface area contributed by atoms with E-state index in [-0.39, 0.29) is 18.3 Å². The summed E-state index contributed by atoms with van der Waals surface area (Å²) in [5.41, 5.74) is 0. The summed E-state index contributed by atoms with van der Waals surface area (Å²) in [6.45, 7) is 2.30. The predicted molar refractivity (Wildman–Crippen MR) is 67.7 cm³/mol. The molecule has 0 aromatic carbocycles. The van der Waals surface area contributed by atoms with Crippen LogP contribution in [-0.4, -0.2) is 25.5 Å². The number of rotatable bonds is 5. The molecule has 0 aliphatic heterocycles. The fraction of sp³-hybridized carbons (Fsp3) is 0.333. The number of carbonyl (C=O) groups excluding carboxylic acids is 2. The third-order valence-electron chi connectivity index (χ3n) is 2.02. The van der Waals surface area contributed by atoms with E-state index >= 15 is 0 Å². The summed E-state index contributed by atoms with van der Waals surface area (Å²) in [7, 11) is 1.32. The van der Waals surface area contributed by atoms with Gasteiger partial charge in [0.15, 0.2) is 0 Å². The second-order valence-corrected chi connectivity index (χ2v) is 4.72. The monoisotopic (exact) mass is 253 g/mol. The molecule has 0 fully saturated rings. The van der Waals surface area contributed by atoms with Crippen molar-refractivity contribution in [3.05, 3.63) is 28.0 Å². The molecule has 1 aromatic heterocycles. The molecule has 1 amide bonds. The Morgan fingerprint density at radius 3 is 2.82 bits per heavy atom. The molecule has 0 unspecified atom stereocenters. The number of esters is 1. The van der Waals surface area contributed by atoms with E-state index < -0.39 is 0 Å². The number of hydrogen-bond acceptors (Lipinski definition) is 4. The van der Waals surface area contributed by atoms with Crippen molar-refractivity contribution in [3.63, 3.8) is 0 Å². The second kappa shape index (κ2) is 6.85. The number of carbonyl (C=O) groups is 2. The molecule has 0 spiro atoms. The van der Waals surface area contributed by atoms with Crippen molar-refractivity contribution in [3.8, 4) is 0 Å². The van der Waals surface area contributed by atoms with Gasteiger partial charge in [0.1, 0.15) is 0 Å². The van der Waals surface area contributed by atoms with Gasteiger partial charge in [-0.3, -0.25) is 9.59 Å². The molecule has 1 heterocycles. The lowest BCUT2D eigenvalue weighted by Gasteiger charge is -2.00. The first-order valence-electron chi connectivity index (χ1n) is 5.21. The minimum absolute atomic E-state index is 0.189. The topological polar surface area (TPSA) is 55.4 Å². The summed E-state index contributed by atoms with van der Waals surface area (Å²) in [6.07, 6.45) is 3.40. The number of methoxy groups -OCH3 is 1. The molecule has 1 N–H and O–H groups in total. The molecular formula is C12H15NO3S. The Hall–Kier alpha value is -1.62. The van der Waals surface area contributed by atoms with Crippen molar-refractivity contribution in [2.45, 2.75) is 13.3 Å². The maximum absolute atomic E-state index is 11.3. The summed E-state index contributed by atoms with van der Waals surface area (Å²) in [6, 6.07) is 3.96. The van der Waals surface area contributed by atoms with Gasteiger partial charge in [0.05, 0.1) is 13.5 Å². The van der Waals surface area contributed by atoms with Crippen molar-refractivity contribution in [1.29, 1.82) is 0 Å². The molecule has 0 radical (unpaired) electrons. The molecule has 4 nitrogen and oxygen atoms in total. The molecule has 0 aliphatic rings. The first-order chi connectivity index (χ1) is 8.11. The molecule has 1 rings (SSSR count). The van der Waals surface area contributed by atoms with Crippen LogP contribution < -0.4 is 5.32 Å². The smallest absolute Gasteiger partial charge is 0.307 e. The Morgan fingerprint density at radius 1 is 1.47 bits per heavy atom. The van der Waals surface area contributed by atoms with Gasteiger partial charge < -0.3 is 10.1 Å². The normalized spacial score (nSPS) is 10.5. The number of amides is 1. The highest BCUT2D eigenvalue weighted by Gasteiger charge is 2.01. The lowest BCUT2D eigenvalue weighted by Crippen LogP contribution is -2.24. The van der Waals surface area contributed by atoms with Crippen LogP contribution in [-0.2, 0) is 14.3 Å². The average molecular weight is 253 g/mol. The number of aryl methyl sites for hydroxylation is 1. The van der Waals surface area contributed by atoms with Gasteiger partial charge in [-0.15, -0.1) is 11.3 Å². The Kier molecular flexibility index (Phi) is 5.42. The zero-order valence-electron chi connectivity index (χ0n) is 9.86. The lowest BCUT2D eigenvalue weighted by molar-refractivity contribution is -0.140. The van der Waals surface area contributed by atoms with E-state index in [9.17, 15) is 9.59 Å². The molecule has 0 saturated heterocycles. The van der Waals surface area contributed by atoms with Crippen molar-refractivity contribution in [2.24, 2.45) is 0 Å². The Labute approximate surface area is 104 Å². The van der Waals surface area contributed by atoms with Crippen LogP contribution in [0.15, 0.2) is 18.2 Å². The third kappa shape index (κ3) is 5.31. The Morgan fingerprint density at radius 2 is 2.24 bits per heavy atom. The number of hydrogen-bond donors (Lipinski definition) is 1. The van der Waals surface area contributed by atoms with Crippen LogP contribution in [0.1, 0.15) is 16.2 Å². The quantitative estimate of drug-likeness (QED) is 0.642. The zero-order chi connectivity index (χ0) is 12.7. The number of ether oxygens (including phenoxy) is 1. The Bertz CT molecular complexity index is 423. The highest BCUT2D eigenvalue weighted by atomic mass is 32.1. The lowest BCUT2D eigenvalue weighted by atomic mass is 10.3. The molecule has 0 aliphatic carbocycles. The fourth-order valence-corrected chi connectivity index (χ4v) is 1.93. The molecule has 0 atom stereocenters. The SMILES string of the molecule is COC(=O)CCNC(=O)C=Cc1ccc(C)s1. The van der Waals surface area contributed by atoms with E-state index in [2.05, 4.69) is 10.1 Å². The van der Waals surface area contributed by atoms with Gasteiger partial charge in [-0.25, -0.2) is 0 Å². The van der Waals surface area contributed by atoms with Crippen LogP contribution >= 0.6 is 11.3 Å². The molecule has 1 aromatic rings. The van der Waals surface area contributed by atoms with Gasteiger partial charge >= 0.3 is 5.97 Å². The summed E-state index contributed by atoms with van der Waals surface area (Å²) in [5, 5.41) is 2.60. The highest BCUT2D eigenvalue weighted by molar-refractivity contribution is 7.12. The van der Waals surface area contributed by atoms with E-state index in [0.717, 1.165) is 4.88 Å². The first-order valence-corrected chi connectivity index (χ1v) is 6.02. The maximum Gasteiger partial charge on any atom is 0.307 e. The number of thiophene rings is 1. The van der Waals surface area contributed by atoms with Gasteiger partial charge in [-0.2, -0.15) is 0 Å². The minimum atomic E-state index is -0.330. The third-order valence-corrected chi connectivity index (χ3v) is 2.98. The summed E-state index contributed by atoms with van der Waals surface area (Å²) < 4.78 is 4.46. The van der Waals surface area contributed by atoms with Crippen LogP contribution in [0.4, 0.5) is 0 Å². The second-order valence-electron chi connectivity index (χ2n) is 3.40. The fourth-order valence-electron chi connectivity index (χ4n) is 1.15. The van der Waals surface area contributed by atoms with Gasteiger partial charge in [0, 0.05) is 22.4 Å². The van der Waals surface area contributed by atoms with Crippen LogP contribution in [0, 0.1) is 6.92 Å². The van der Waals surface area contributed by atoms with E-state index in [4.69, 9.17) is 0 Å². The van der Waals surface area contributed by atoms with Crippen molar-refractivity contribution >= 4 is 29.3 Å². The van der Waals surface area contributed by atoms with Crippen molar-refractivity contribution in [1.82, 2.24) is 5.32 Å². The van der Waals surface area contributed by atoms with E-state index in [0.29, 0.717) is 6.54 Å². The van der Waals surface area contributed by atoms with Gasteiger partial charge in [-0.05, 0) is 25.1 Å². The van der Waals surface area contributed by atoms with Crippen molar-refractivity contribution < 1.29 is 14.3 Å². The highest BCUT2D eigenvalue weighted by Crippen LogP contribution is 2.16. The first kappa shape index (κ1) is 13.4. The summed E-state index contributed by atoms with van der Waals surface area (Å²) in [5.74, 6) is -0.539. The van der Waals surface area contributed by atoms with Crippen LogP contribution in [0.2, 0.25) is 0 Å². The maximum atomic E-state index is 11.3. The predicted octanol–water partition coefficient (Wildman–Crippen LogP) is 1.75. The van der Waals surface area contributed by atoms with Crippen LogP contribution in [0.5, 0.6) is 0 Å². The van der Waals surface area contributed by atoms with Gasteiger partial charge in [0.2, 0.25) is 5.91 Å². The molecule has 5 heteroatoms. The van der Waals surface area contributed by atoms with Gasteiger partial charge in [-0.1, -0.05) is 0 Å². The molecule has 92 valence electrons. The molecule has 17 heavy (non-hydrogen) atoms. The van der Waals surface area contributed by atoms with Crippen LogP contribution in [0.25, 0.3) is 6.08 Å². The molecule has 0 saturated carbocycles. The van der Waals surface area contributed by atoms with E-state index in [1.807, 2.05) is 19.1 Å².